The van der Waals surface area contributed by atoms with E-state index >= 15 is 0 Å². The summed E-state index contributed by atoms with van der Waals surface area (Å²) < 4.78 is 34.1. The van der Waals surface area contributed by atoms with E-state index < -0.39 is 34.4 Å². The molecule has 0 aromatic heterocycles. The average Bonchev–Trinajstić information content (AvgIpc) is 2.92. The molecule has 0 spiro atoms. The van der Waals surface area contributed by atoms with E-state index in [9.17, 15) is 18.0 Å². The van der Waals surface area contributed by atoms with Gasteiger partial charge in [-0.3, -0.25) is 13.9 Å². The smallest absolute Gasteiger partial charge is 0.264 e. The van der Waals surface area contributed by atoms with Gasteiger partial charge in [-0.2, -0.15) is 0 Å². The highest BCUT2D eigenvalue weighted by Gasteiger charge is 2.34. The molecule has 0 unspecified atom stereocenters. The van der Waals surface area contributed by atoms with Crippen LogP contribution in [0.3, 0.4) is 0 Å². The van der Waals surface area contributed by atoms with Crippen LogP contribution < -0.4 is 14.4 Å². The van der Waals surface area contributed by atoms with Crippen LogP contribution in [0.15, 0.2) is 71.6 Å². The van der Waals surface area contributed by atoms with Gasteiger partial charge in [-0.1, -0.05) is 60.0 Å². The molecule has 1 N–H and O–H groups in total. The normalized spacial score (nSPS) is 11.9. The predicted molar refractivity (Wildman–Crippen MR) is 154 cm³/mol. The number of hydrogen-bond donors (Lipinski definition) is 1. The van der Waals surface area contributed by atoms with Crippen molar-refractivity contribution >= 4 is 50.7 Å². The number of amides is 2. The van der Waals surface area contributed by atoms with Gasteiger partial charge in [0, 0.05) is 35.3 Å². The standard InChI is InChI=1S/C28H31Cl2N3O5S/c1-5-26(28(35)31-3)32(17-23-24(29)10-7-11-25(23)30)27(34)18-33(20-8-6-9-21(16-20)38-4)39(36,37)22-14-12-19(2)13-15-22/h6-16,26H,5,17-18H2,1-4H3,(H,31,35)/t26-/m0/s1. The summed E-state index contributed by atoms with van der Waals surface area (Å²) in [6.45, 7) is 2.93. The van der Waals surface area contributed by atoms with Gasteiger partial charge in [0.05, 0.1) is 17.7 Å². The van der Waals surface area contributed by atoms with Crippen LogP contribution in [0.25, 0.3) is 0 Å². The maximum atomic E-state index is 14.0. The largest absolute Gasteiger partial charge is 0.497 e. The highest BCUT2D eigenvalue weighted by atomic mass is 35.5. The lowest BCUT2D eigenvalue weighted by molar-refractivity contribution is -0.140. The van der Waals surface area contributed by atoms with Gasteiger partial charge in [-0.15, -0.1) is 0 Å². The van der Waals surface area contributed by atoms with E-state index in [4.69, 9.17) is 27.9 Å². The molecule has 39 heavy (non-hydrogen) atoms. The summed E-state index contributed by atoms with van der Waals surface area (Å²) in [6, 6.07) is 16.8. The first-order valence-electron chi connectivity index (χ1n) is 12.2. The van der Waals surface area contributed by atoms with Gasteiger partial charge in [0.25, 0.3) is 10.0 Å². The van der Waals surface area contributed by atoms with Crippen molar-refractivity contribution in [3.05, 3.63) is 87.9 Å². The van der Waals surface area contributed by atoms with Crippen molar-refractivity contribution in [3.8, 4) is 5.75 Å². The van der Waals surface area contributed by atoms with Crippen LogP contribution >= 0.6 is 23.2 Å². The number of benzene rings is 3. The quantitative estimate of drug-likeness (QED) is 0.336. The number of anilines is 1. The molecule has 0 radical (unpaired) electrons. The molecule has 208 valence electrons. The minimum atomic E-state index is -4.19. The number of rotatable bonds is 11. The maximum absolute atomic E-state index is 14.0. The number of sulfonamides is 1. The molecule has 8 nitrogen and oxygen atoms in total. The van der Waals surface area contributed by atoms with E-state index in [1.54, 1.807) is 55.5 Å². The molecule has 0 saturated heterocycles. The molecular weight excluding hydrogens is 561 g/mol. The van der Waals surface area contributed by atoms with Crippen molar-refractivity contribution in [1.82, 2.24) is 10.2 Å². The summed E-state index contributed by atoms with van der Waals surface area (Å²) in [7, 11) is -1.26. The second-order valence-corrected chi connectivity index (χ2v) is 11.5. The van der Waals surface area contributed by atoms with E-state index in [-0.39, 0.29) is 23.5 Å². The molecule has 3 rings (SSSR count). The lowest BCUT2D eigenvalue weighted by atomic mass is 10.1. The summed E-state index contributed by atoms with van der Waals surface area (Å²) in [5.74, 6) is -0.594. The third kappa shape index (κ3) is 7.03. The fourth-order valence-corrected chi connectivity index (χ4v) is 5.99. The van der Waals surface area contributed by atoms with Gasteiger partial charge in [-0.05, 0) is 49.7 Å². The Morgan fingerprint density at radius 2 is 1.62 bits per heavy atom. The molecule has 3 aromatic rings. The number of aryl methyl sites for hydroxylation is 1. The van der Waals surface area contributed by atoms with Gasteiger partial charge in [0.15, 0.2) is 0 Å². The number of nitrogens with zero attached hydrogens (tertiary/aromatic N) is 2. The molecule has 0 saturated carbocycles. The Hall–Kier alpha value is -3.27. The average molecular weight is 593 g/mol. The summed E-state index contributed by atoms with van der Waals surface area (Å²) in [4.78, 5) is 28.1. The number of ether oxygens (including phenoxy) is 1. The Morgan fingerprint density at radius 1 is 1.00 bits per heavy atom. The first-order valence-corrected chi connectivity index (χ1v) is 14.4. The zero-order valence-electron chi connectivity index (χ0n) is 22.1. The number of carbonyl (C=O) groups is 2. The van der Waals surface area contributed by atoms with Crippen LogP contribution in [-0.2, 0) is 26.2 Å². The molecular formula is C28H31Cl2N3O5S. The first kappa shape index (κ1) is 30.3. The van der Waals surface area contributed by atoms with E-state index in [1.807, 2.05) is 6.92 Å². The summed E-state index contributed by atoms with van der Waals surface area (Å²) in [6.07, 6.45) is 0.275. The fraction of sp³-hybridized carbons (Fsp3) is 0.286. The van der Waals surface area contributed by atoms with Gasteiger partial charge in [-0.25, -0.2) is 8.42 Å². The maximum Gasteiger partial charge on any atom is 0.264 e. The Labute approximate surface area is 239 Å². The molecule has 3 aromatic carbocycles. The second-order valence-electron chi connectivity index (χ2n) is 8.79. The zero-order chi connectivity index (χ0) is 28.7. The Balaban J connectivity index is 2.11. The Bertz CT molecular complexity index is 1410. The van der Waals surface area contributed by atoms with Gasteiger partial charge in [0.2, 0.25) is 11.8 Å². The van der Waals surface area contributed by atoms with Crippen molar-refractivity contribution in [3.63, 3.8) is 0 Å². The number of hydrogen-bond acceptors (Lipinski definition) is 5. The zero-order valence-corrected chi connectivity index (χ0v) is 24.5. The van der Waals surface area contributed by atoms with Crippen LogP contribution in [0, 0.1) is 6.92 Å². The first-order chi connectivity index (χ1) is 18.5. The van der Waals surface area contributed by atoms with Crippen molar-refractivity contribution in [2.24, 2.45) is 0 Å². The lowest BCUT2D eigenvalue weighted by Gasteiger charge is -2.33. The Kier molecular flexibility index (Phi) is 10.2. The number of carbonyl (C=O) groups excluding carboxylic acids is 2. The van der Waals surface area contributed by atoms with Crippen LogP contribution in [-0.4, -0.2) is 51.9 Å². The topological polar surface area (TPSA) is 96.0 Å². The molecule has 0 bridgehead atoms. The molecule has 0 aliphatic heterocycles. The van der Waals surface area contributed by atoms with Crippen molar-refractivity contribution in [2.75, 3.05) is 25.0 Å². The van der Waals surface area contributed by atoms with Crippen LogP contribution in [0.4, 0.5) is 5.69 Å². The SMILES string of the molecule is CC[C@@H](C(=O)NC)N(Cc1c(Cl)cccc1Cl)C(=O)CN(c1cccc(OC)c1)S(=O)(=O)c1ccc(C)cc1. The minimum absolute atomic E-state index is 0.0164. The number of halogens is 2. The second kappa shape index (κ2) is 13.2. The third-order valence-corrected chi connectivity index (χ3v) is 8.75. The predicted octanol–water partition coefficient (Wildman–Crippen LogP) is 5.06. The van der Waals surface area contributed by atoms with Crippen LogP contribution in [0.5, 0.6) is 5.75 Å². The van der Waals surface area contributed by atoms with Crippen LogP contribution in [0.2, 0.25) is 10.0 Å². The highest BCUT2D eigenvalue weighted by molar-refractivity contribution is 7.92. The molecule has 0 heterocycles. The summed E-state index contributed by atoms with van der Waals surface area (Å²) in [5.41, 5.74) is 1.56. The number of methoxy groups -OCH3 is 1. The fourth-order valence-electron chi connectivity index (χ4n) is 4.07. The minimum Gasteiger partial charge on any atom is -0.497 e. The summed E-state index contributed by atoms with van der Waals surface area (Å²) in [5, 5.41) is 3.23. The molecule has 0 fully saturated rings. The monoisotopic (exact) mass is 591 g/mol. The van der Waals surface area contributed by atoms with E-state index in [2.05, 4.69) is 5.32 Å². The van der Waals surface area contributed by atoms with Crippen molar-refractivity contribution in [1.29, 1.82) is 0 Å². The number of likely N-dealkylation sites (N-methyl/N-ethyl adjacent to an activating group) is 1. The van der Waals surface area contributed by atoms with Gasteiger partial charge < -0.3 is 15.0 Å². The van der Waals surface area contributed by atoms with Gasteiger partial charge in [0.1, 0.15) is 18.3 Å². The highest BCUT2D eigenvalue weighted by Crippen LogP contribution is 2.30. The molecule has 0 aliphatic carbocycles. The third-order valence-electron chi connectivity index (χ3n) is 6.25. The molecule has 11 heteroatoms. The van der Waals surface area contributed by atoms with Gasteiger partial charge >= 0.3 is 0 Å². The van der Waals surface area contributed by atoms with Crippen molar-refractivity contribution in [2.45, 2.75) is 37.8 Å². The van der Waals surface area contributed by atoms with Crippen molar-refractivity contribution < 1.29 is 22.7 Å². The lowest BCUT2D eigenvalue weighted by Crippen LogP contribution is -2.51. The van der Waals surface area contributed by atoms with E-state index in [1.165, 1.54) is 37.3 Å². The Morgan fingerprint density at radius 3 is 2.18 bits per heavy atom. The summed E-state index contributed by atoms with van der Waals surface area (Å²) >= 11 is 12.8. The molecule has 0 aliphatic rings. The van der Waals surface area contributed by atoms with Crippen LogP contribution in [0.1, 0.15) is 24.5 Å². The number of nitrogens with one attached hydrogen (secondary N) is 1. The van der Waals surface area contributed by atoms with E-state index in [0.717, 1.165) is 9.87 Å². The van der Waals surface area contributed by atoms with E-state index in [0.29, 0.717) is 21.4 Å². The molecule has 2 amide bonds. The molecule has 1 atom stereocenters.